The Kier molecular flexibility index (Phi) is 3.97. The van der Waals surface area contributed by atoms with E-state index in [4.69, 9.17) is 5.11 Å². The van der Waals surface area contributed by atoms with Crippen molar-refractivity contribution in [1.29, 1.82) is 0 Å². The fourth-order valence-electron chi connectivity index (χ4n) is 1.73. The highest BCUT2D eigenvalue weighted by atomic mass is 19.1. The Balaban J connectivity index is 2.50. The van der Waals surface area contributed by atoms with Crippen LogP contribution in [0.5, 0.6) is 0 Å². The molecule has 0 saturated carbocycles. The summed E-state index contributed by atoms with van der Waals surface area (Å²) in [4.78, 5) is 24.3. The van der Waals surface area contributed by atoms with Gasteiger partial charge >= 0.3 is 5.97 Å². The first-order valence-electron chi connectivity index (χ1n) is 6.03. The van der Waals surface area contributed by atoms with Gasteiger partial charge in [0.2, 0.25) is 5.91 Å². The lowest BCUT2D eigenvalue weighted by Crippen LogP contribution is -2.27. The fraction of sp³-hybridized carbons (Fsp3) is 0.231. The Bertz CT molecular complexity index is 679. The molecule has 0 aliphatic rings. The number of carboxylic acid groups (broad SMARTS) is 1. The molecule has 0 unspecified atom stereocenters. The minimum atomic E-state index is -1.27. The van der Waals surface area contributed by atoms with Crippen molar-refractivity contribution in [3.8, 4) is 11.3 Å². The van der Waals surface area contributed by atoms with Crippen molar-refractivity contribution in [2.24, 2.45) is 0 Å². The molecular formula is C13H13FN4O3. The Hall–Kier alpha value is -2.77. The van der Waals surface area contributed by atoms with Crippen molar-refractivity contribution in [1.82, 2.24) is 19.9 Å². The minimum absolute atomic E-state index is 0.153. The molecule has 0 radical (unpaired) electrons. The Morgan fingerprint density at radius 2 is 1.90 bits per heavy atom. The molecule has 1 amide bonds. The number of aromatic carboxylic acids is 1. The first kappa shape index (κ1) is 14.6. The van der Waals surface area contributed by atoms with Gasteiger partial charge < -0.3 is 10.0 Å². The lowest BCUT2D eigenvalue weighted by atomic mass is 10.1. The van der Waals surface area contributed by atoms with E-state index in [0.717, 1.165) is 0 Å². The van der Waals surface area contributed by atoms with Gasteiger partial charge in [-0.2, -0.15) is 0 Å². The van der Waals surface area contributed by atoms with Gasteiger partial charge in [-0.1, -0.05) is 5.21 Å². The zero-order chi connectivity index (χ0) is 15.6. The SMILES string of the molecule is CN(C)C(=O)Cn1nnc(C(=O)O)c1-c1ccc(F)cc1. The van der Waals surface area contributed by atoms with Crippen molar-refractivity contribution in [2.45, 2.75) is 6.54 Å². The van der Waals surface area contributed by atoms with E-state index in [1.54, 1.807) is 14.1 Å². The zero-order valence-corrected chi connectivity index (χ0v) is 11.4. The van der Waals surface area contributed by atoms with E-state index in [-0.39, 0.29) is 23.8 Å². The predicted molar refractivity (Wildman–Crippen MR) is 71.1 cm³/mol. The average Bonchev–Trinajstić information content (AvgIpc) is 2.83. The molecule has 0 saturated heterocycles. The third-order valence-corrected chi connectivity index (χ3v) is 2.84. The van der Waals surface area contributed by atoms with Gasteiger partial charge in [0.25, 0.3) is 0 Å². The lowest BCUT2D eigenvalue weighted by molar-refractivity contribution is -0.129. The second-order valence-corrected chi connectivity index (χ2v) is 4.54. The number of carbonyl (C=O) groups is 2. The van der Waals surface area contributed by atoms with E-state index >= 15 is 0 Å². The molecule has 0 fully saturated rings. The molecule has 2 rings (SSSR count). The smallest absolute Gasteiger partial charge is 0.358 e. The summed E-state index contributed by atoms with van der Waals surface area (Å²) in [5, 5.41) is 16.4. The number of carbonyl (C=O) groups excluding carboxylic acids is 1. The summed E-state index contributed by atoms with van der Waals surface area (Å²) in [5.74, 6) is -1.97. The molecule has 0 spiro atoms. The summed E-state index contributed by atoms with van der Waals surface area (Å²) in [6.45, 7) is -0.153. The van der Waals surface area contributed by atoms with E-state index in [2.05, 4.69) is 10.3 Å². The summed E-state index contributed by atoms with van der Waals surface area (Å²) in [7, 11) is 3.16. The predicted octanol–water partition coefficient (Wildman–Crippen LogP) is 0.871. The first-order chi connectivity index (χ1) is 9.90. The van der Waals surface area contributed by atoms with Crippen molar-refractivity contribution in [3.05, 3.63) is 35.8 Å². The second-order valence-electron chi connectivity index (χ2n) is 4.54. The molecule has 7 nitrogen and oxygen atoms in total. The molecule has 8 heteroatoms. The summed E-state index contributed by atoms with van der Waals surface area (Å²) in [5.41, 5.74) is 0.302. The quantitative estimate of drug-likeness (QED) is 0.903. The van der Waals surface area contributed by atoms with Gasteiger partial charge in [-0.05, 0) is 24.3 Å². The summed E-state index contributed by atoms with van der Waals surface area (Å²) < 4.78 is 14.2. The van der Waals surface area contributed by atoms with Crippen LogP contribution in [0.15, 0.2) is 24.3 Å². The Morgan fingerprint density at radius 3 is 2.43 bits per heavy atom. The van der Waals surface area contributed by atoms with E-state index in [1.165, 1.54) is 33.8 Å². The van der Waals surface area contributed by atoms with Crippen molar-refractivity contribution in [2.75, 3.05) is 14.1 Å². The number of hydrogen-bond acceptors (Lipinski definition) is 4. The standard InChI is InChI=1S/C13H13FN4O3/c1-17(2)10(19)7-18-12(11(13(20)21)15-16-18)8-3-5-9(14)6-4-8/h3-6H,7H2,1-2H3,(H,20,21). The van der Waals surface area contributed by atoms with Gasteiger partial charge in [-0.15, -0.1) is 5.10 Å². The molecule has 1 aromatic heterocycles. The van der Waals surface area contributed by atoms with Crippen LogP contribution < -0.4 is 0 Å². The number of likely N-dealkylation sites (N-methyl/N-ethyl adjacent to an activating group) is 1. The number of aromatic nitrogens is 3. The van der Waals surface area contributed by atoms with Crippen LogP contribution in [0.1, 0.15) is 10.5 Å². The van der Waals surface area contributed by atoms with Crippen molar-refractivity contribution >= 4 is 11.9 Å². The number of halogens is 1. The summed E-state index contributed by atoms with van der Waals surface area (Å²) in [6.07, 6.45) is 0. The fourth-order valence-corrected chi connectivity index (χ4v) is 1.73. The topological polar surface area (TPSA) is 88.3 Å². The number of hydrogen-bond donors (Lipinski definition) is 1. The van der Waals surface area contributed by atoms with Gasteiger partial charge in [-0.3, -0.25) is 4.79 Å². The summed E-state index contributed by atoms with van der Waals surface area (Å²) in [6, 6.07) is 5.23. The maximum Gasteiger partial charge on any atom is 0.358 e. The van der Waals surface area contributed by atoms with Crippen LogP contribution in [0.2, 0.25) is 0 Å². The van der Waals surface area contributed by atoms with Crippen molar-refractivity contribution < 1.29 is 19.1 Å². The zero-order valence-electron chi connectivity index (χ0n) is 11.4. The molecule has 1 N–H and O–H groups in total. The van der Waals surface area contributed by atoms with Gasteiger partial charge in [0, 0.05) is 19.7 Å². The van der Waals surface area contributed by atoms with Gasteiger partial charge in [0.15, 0.2) is 5.69 Å². The maximum absolute atomic E-state index is 13.0. The van der Waals surface area contributed by atoms with Crippen LogP contribution in [0.3, 0.4) is 0 Å². The Morgan fingerprint density at radius 1 is 1.29 bits per heavy atom. The molecule has 0 atom stereocenters. The second kappa shape index (κ2) is 5.70. The molecule has 0 bridgehead atoms. The molecular weight excluding hydrogens is 279 g/mol. The number of nitrogens with zero attached hydrogens (tertiary/aromatic N) is 4. The molecule has 0 aliphatic carbocycles. The monoisotopic (exact) mass is 292 g/mol. The highest BCUT2D eigenvalue weighted by Gasteiger charge is 2.22. The highest BCUT2D eigenvalue weighted by Crippen LogP contribution is 2.22. The minimum Gasteiger partial charge on any atom is -0.476 e. The first-order valence-corrected chi connectivity index (χ1v) is 6.03. The van der Waals surface area contributed by atoms with E-state index in [9.17, 15) is 14.0 Å². The number of rotatable bonds is 4. The third-order valence-electron chi connectivity index (χ3n) is 2.84. The summed E-state index contributed by atoms with van der Waals surface area (Å²) >= 11 is 0. The van der Waals surface area contributed by atoms with Crippen LogP contribution in [0.25, 0.3) is 11.3 Å². The van der Waals surface area contributed by atoms with Crippen LogP contribution in [-0.4, -0.2) is 51.0 Å². The molecule has 0 aliphatic heterocycles. The molecule has 1 heterocycles. The molecule has 110 valence electrons. The number of amides is 1. The Labute approximate surface area is 119 Å². The van der Waals surface area contributed by atoms with Crippen LogP contribution in [-0.2, 0) is 11.3 Å². The lowest BCUT2D eigenvalue weighted by Gasteiger charge is -2.11. The average molecular weight is 292 g/mol. The van der Waals surface area contributed by atoms with Gasteiger partial charge in [0.1, 0.15) is 18.1 Å². The van der Waals surface area contributed by atoms with Crippen LogP contribution in [0, 0.1) is 5.82 Å². The normalized spacial score (nSPS) is 10.4. The number of benzene rings is 1. The molecule has 21 heavy (non-hydrogen) atoms. The van der Waals surface area contributed by atoms with Crippen molar-refractivity contribution in [3.63, 3.8) is 0 Å². The van der Waals surface area contributed by atoms with E-state index in [1.807, 2.05) is 0 Å². The van der Waals surface area contributed by atoms with Gasteiger partial charge in [0.05, 0.1) is 0 Å². The van der Waals surface area contributed by atoms with E-state index in [0.29, 0.717) is 5.56 Å². The van der Waals surface area contributed by atoms with Crippen LogP contribution in [0.4, 0.5) is 4.39 Å². The van der Waals surface area contributed by atoms with Gasteiger partial charge in [-0.25, -0.2) is 13.9 Å². The third kappa shape index (κ3) is 3.04. The van der Waals surface area contributed by atoms with E-state index < -0.39 is 11.8 Å². The highest BCUT2D eigenvalue weighted by molar-refractivity contribution is 5.93. The largest absolute Gasteiger partial charge is 0.476 e. The molecule has 1 aromatic carbocycles. The van der Waals surface area contributed by atoms with Crippen LogP contribution >= 0.6 is 0 Å². The molecule has 2 aromatic rings. The maximum atomic E-state index is 13.0. The number of carboxylic acids is 1.